The molecule has 19 heavy (non-hydrogen) atoms. The van der Waals surface area contributed by atoms with E-state index >= 15 is 0 Å². The molecule has 1 heterocycles. The summed E-state index contributed by atoms with van der Waals surface area (Å²) in [5.41, 5.74) is 0. The predicted octanol–water partition coefficient (Wildman–Crippen LogP) is -0.552. The van der Waals surface area contributed by atoms with Crippen LogP contribution in [0.2, 0.25) is 0 Å². The highest BCUT2D eigenvalue weighted by Crippen LogP contribution is 1.96. The van der Waals surface area contributed by atoms with Gasteiger partial charge in [-0.05, 0) is 6.07 Å². The van der Waals surface area contributed by atoms with Crippen LogP contribution in [0.5, 0.6) is 0 Å². The predicted molar refractivity (Wildman–Crippen MR) is 66.6 cm³/mol. The summed E-state index contributed by atoms with van der Waals surface area (Å²) >= 11 is 0. The van der Waals surface area contributed by atoms with E-state index in [1.807, 2.05) is 0 Å². The maximum Gasteiger partial charge on any atom is 0.317 e. The van der Waals surface area contributed by atoms with E-state index in [9.17, 15) is 9.59 Å². The van der Waals surface area contributed by atoms with Gasteiger partial charge in [-0.1, -0.05) is 0 Å². The Bertz CT molecular complexity index is 412. The first-order valence-corrected chi connectivity index (χ1v) is 5.61. The Kier molecular flexibility index (Phi) is 6.41. The van der Waals surface area contributed by atoms with Crippen LogP contribution in [0, 0.1) is 0 Å². The Hall–Kier alpha value is -2.06. The number of ether oxygens (including phenoxy) is 1. The zero-order valence-corrected chi connectivity index (χ0v) is 10.6. The maximum atomic E-state index is 11.7. The van der Waals surface area contributed by atoms with Gasteiger partial charge in [-0.25, -0.2) is 9.97 Å². The molecule has 0 radical (unpaired) electrons. The summed E-state index contributed by atoms with van der Waals surface area (Å²) in [5, 5.41) is 11.2. The topological polar surface area (TPSA) is 105 Å². The molecule has 0 aromatic carbocycles. The molecule has 8 heteroatoms. The summed E-state index contributed by atoms with van der Waals surface area (Å²) in [6.45, 7) is 0.411. The summed E-state index contributed by atoms with van der Waals surface area (Å²) in [7, 11) is 1.51. The lowest BCUT2D eigenvalue weighted by Gasteiger charge is -2.18. The van der Waals surface area contributed by atoms with Crippen molar-refractivity contribution in [1.82, 2.24) is 14.9 Å². The first kappa shape index (κ1) is 15.0. The molecule has 0 aliphatic rings. The third kappa shape index (κ3) is 6.43. The molecule has 1 aromatic rings. The van der Waals surface area contributed by atoms with Gasteiger partial charge in [0.05, 0.1) is 19.7 Å². The van der Waals surface area contributed by atoms with E-state index in [0.717, 1.165) is 0 Å². The van der Waals surface area contributed by atoms with Crippen LogP contribution < -0.4 is 5.32 Å². The minimum atomic E-state index is -1.00. The monoisotopic (exact) mass is 268 g/mol. The van der Waals surface area contributed by atoms with Crippen LogP contribution >= 0.6 is 0 Å². The third-order valence-corrected chi connectivity index (χ3v) is 2.15. The molecule has 0 saturated carbocycles. The van der Waals surface area contributed by atoms with Crippen molar-refractivity contribution in [3.05, 3.63) is 18.5 Å². The second-order valence-corrected chi connectivity index (χ2v) is 3.72. The van der Waals surface area contributed by atoms with E-state index in [1.54, 1.807) is 6.07 Å². The second kappa shape index (κ2) is 8.11. The Morgan fingerprint density at radius 3 is 2.63 bits per heavy atom. The highest BCUT2D eigenvalue weighted by Gasteiger charge is 2.14. The molecule has 0 bridgehead atoms. The third-order valence-electron chi connectivity index (χ3n) is 2.15. The average molecular weight is 268 g/mol. The summed E-state index contributed by atoms with van der Waals surface area (Å²) in [6.07, 6.45) is 3.01. The van der Waals surface area contributed by atoms with Crippen molar-refractivity contribution in [2.24, 2.45) is 0 Å². The van der Waals surface area contributed by atoms with Crippen molar-refractivity contribution < 1.29 is 19.4 Å². The van der Waals surface area contributed by atoms with Crippen LogP contribution in [0.1, 0.15) is 0 Å². The fourth-order valence-corrected chi connectivity index (χ4v) is 1.36. The normalized spacial score (nSPS) is 10.4. The minimum absolute atomic E-state index is 0.0616. The van der Waals surface area contributed by atoms with Gasteiger partial charge in [-0.2, -0.15) is 0 Å². The zero-order valence-electron chi connectivity index (χ0n) is 10.6. The Morgan fingerprint density at radius 2 is 2.05 bits per heavy atom. The Labute approximate surface area is 110 Å². The minimum Gasteiger partial charge on any atom is -0.480 e. The summed E-state index contributed by atoms with van der Waals surface area (Å²) in [5.74, 6) is -1.18. The number of carboxylic acid groups (broad SMARTS) is 1. The number of rotatable bonds is 8. The van der Waals surface area contributed by atoms with Crippen molar-refractivity contribution in [3.8, 4) is 0 Å². The van der Waals surface area contributed by atoms with E-state index in [0.29, 0.717) is 13.2 Å². The first-order chi connectivity index (χ1) is 9.11. The number of nitrogens with zero attached hydrogens (tertiary/aromatic N) is 3. The number of methoxy groups -OCH3 is 1. The zero-order chi connectivity index (χ0) is 14.1. The van der Waals surface area contributed by atoms with Gasteiger partial charge in [-0.15, -0.1) is 0 Å². The summed E-state index contributed by atoms with van der Waals surface area (Å²) < 4.78 is 4.86. The lowest BCUT2D eigenvalue weighted by atomic mass is 10.4. The number of hydrogen-bond acceptors (Lipinski definition) is 6. The van der Waals surface area contributed by atoms with E-state index in [-0.39, 0.29) is 24.9 Å². The van der Waals surface area contributed by atoms with Gasteiger partial charge >= 0.3 is 5.97 Å². The summed E-state index contributed by atoms with van der Waals surface area (Å²) in [6, 6.07) is 1.63. The molecule has 0 unspecified atom stereocenters. The molecule has 1 aromatic heterocycles. The molecule has 0 atom stereocenters. The highest BCUT2D eigenvalue weighted by molar-refractivity contribution is 5.90. The van der Waals surface area contributed by atoms with Crippen LogP contribution in [0.3, 0.4) is 0 Å². The molecular formula is C11H16N4O4. The Balaban J connectivity index is 2.48. The van der Waals surface area contributed by atoms with Crippen molar-refractivity contribution in [3.63, 3.8) is 0 Å². The van der Waals surface area contributed by atoms with E-state index < -0.39 is 5.97 Å². The SMILES string of the molecule is COCCN(CC(=O)O)CC(=O)Nc1ncccn1. The van der Waals surface area contributed by atoms with Gasteiger partial charge in [0.15, 0.2) is 0 Å². The maximum absolute atomic E-state index is 11.7. The van der Waals surface area contributed by atoms with Crippen LogP contribution in [-0.2, 0) is 14.3 Å². The number of carbonyl (C=O) groups is 2. The molecule has 2 N–H and O–H groups in total. The number of aliphatic carboxylic acids is 1. The summed E-state index contributed by atoms with van der Waals surface area (Å²) in [4.78, 5) is 31.5. The van der Waals surface area contributed by atoms with Crippen LogP contribution in [0.4, 0.5) is 5.95 Å². The van der Waals surface area contributed by atoms with Gasteiger partial charge in [0.25, 0.3) is 0 Å². The Morgan fingerprint density at radius 1 is 1.37 bits per heavy atom. The van der Waals surface area contributed by atoms with E-state index in [1.165, 1.54) is 24.4 Å². The number of amides is 1. The average Bonchev–Trinajstić information content (AvgIpc) is 2.36. The lowest BCUT2D eigenvalue weighted by Crippen LogP contribution is -2.39. The quantitative estimate of drug-likeness (QED) is 0.651. The van der Waals surface area contributed by atoms with Crippen molar-refractivity contribution in [1.29, 1.82) is 0 Å². The number of nitrogens with one attached hydrogen (secondary N) is 1. The fraction of sp³-hybridized carbons (Fsp3) is 0.455. The standard InChI is InChI=1S/C11H16N4O4/c1-19-6-5-15(8-10(17)18)7-9(16)14-11-12-3-2-4-13-11/h2-4H,5-8H2,1H3,(H,17,18)(H,12,13,14,16). The van der Waals surface area contributed by atoms with Gasteiger partial charge in [-0.3, -0.25) is 19.8 Å². The molecule has 0 fully saturated rings. The molecule has 1 amide bonds. The fourth-order valence-electron chi connectivity index (χ4n) is 1.36. The molecule has 0 aliphatic carbocycles. The number of carbonyl (C=O) groups excluding carboxylic acids is 1. The number of hydrogen-bond donors (Lipinski definition) is 2. The van der Waals surface area contributed by atoms with Gasteiger partial charge in [0, 0.05) is 26.0 Å². The number of carboxylic acids is 1. The molecule has 1 rings (SSSR count). The van der Waals surface area contributed by atoms with Crippen molar-refractivity contribution >= 4 is 17.8 Å². The van der Waals surface area contributed by atoms with Gasteiger partial charge in [0.1, 0.15) is 0 Å². The smallest absolute Gasteiger partial charge is 0.317 e. The molecule has 8 nitrogen and oxygen atoms in total. The molecule has 0 aliphatic heterocycles. The van der Waals surface area contributed by atoms with E-state index in [4.69, 9.17) is 9.84 Å². The van der Waals surface area contributed by atoms with Crippen LogP contribution in [-0.4, -0.2) is 65.2 Å². The van der Waals surface area contributed by atoms with E-state index in [2.05, 4.69) is 15.3 Å². The van der Waals surface area contributed by atoms with Crippen molar-refractivity contribution in [2.75, 3.05) is 38.7 Å². The molecule has 104 valence electrons. The molecular weight excluding hydrogens is 252 g/mol. The second-order valence-electron chi connectivity index (χ2n) is 3.72. The lowest BCUT2D eigenvalue weighted by molar-refractivity contribution is -0.138. The van der Waals surface area contributed by atoms with Gasteiger partial charge in [0.2, 0.25) is 11.9 Å². The van der Waals surface area contributed by atoms with Crippen molar-refractivity contribution in [2.45, 2.75) is 0 Å². The van der Waals surface area contributed by atoms with Gasteiger partial charge < -0.3 is 9.84 Å². The largest absolute Gasteiger partial charge is 0.480 e. The van der Waals surface area contributed by atoms with Crippen LogP contribution in [0.25, 0.3) is 0 Å². The number of aromatic nitrogens is 2. The molecule has 0 spiro atoms. The highest BCUT2D eigenvalue weighted by atomic mass is 16.5. The van der Waals surface area contributed by atoms with Crippen LogP contribution in [0.15, 0.2) is 18.5 Å². The molecule has 0 saturated heterocycles. The number of anilines is 1. The first-order valence-electron chi connectivity index (χ1n) is 5.61.